The molecular formula is C15H14N4O2S. The molecule has 0 aliphatic rings. The number of benzene rings is 1. The lowest BCUT2D eigenvalue weighted by molar-refractivity contribution is 0.102. The number of nitrogens with one attached hydrogen (secondary N) is 1. The van der Waals surface area contributed by atoms with Crippen molar-refractivity contribution in [1.82, 2.24) is 14.3 Å². The van der Waals surface area contributed by atoms with Crippen LogP contribution in [0.5, 0.6) is 0 Å². The van der Waals surface area contributed by atoms with Crippen molar-refractivity contribution in [2.75, 3.05) is 5.32 Å². The van der Waals surface area contributed by atoms with Crippen LogP contribution in [0.25, 0.3) is 5.69 Å². The minimum absolute atomic E-state index is 0.268. The molecule has 0 aliphatic heterocycles. The molecule has 22 heavy (non-hydrogen) atoms. The highest BCUT2D eigenvalue weighted by Gasteiger charge is 2.19. The van der Waals surface area contributed by atoms with Crippen LogP contribution in [0.4, 0.5) is 5.69 Å². The Hall–Kier alpha value is -2.67. The number of amides is 1. The molecule has 0 spiro atoms. The van der Waals surface area contributed by atoms with E-state index in [9.17, 15) is 9.59 Å². The summed E-state index contributed by atoms with van der Waals surface area (Å²) in [6, 6.07) is 9.28. The number of hydrogen-bond acceptors (Lipinski definition) is 4. The summed E-state index contributed by atoms with van der Waals surface area (Å²) in [7, 11) is 1.78. The van der Waals surface area contributed by atoms with E-state index in [1.54, 1.807) is 29.5 Å². The van der Waals surface area contributed by atoms with Gasteiger partial charge in [-0.25, -0.2) is 9.67 Å². The molecule has 0 atom stereocenters. The highest BCUT2D eigenvalue weighted by Crippen LogP contribution is 2.15. The zero-order chi connectivity index (χ0) is 15.7. The Kier molecular flexibility index (Phi) is 3.64. The van der Waals surface area contributed by atoms with E-state index in [0.717, 1.165) is 5.69 Å². The van der Waals surface area contributed by atoms with Crippen molar-refractivity contribution in [3.63, 3.8) is 0 Å². The van der Waals surface area contributed by atoms with E-state index in [0.29, 0.717) is 11.4 Å². The number of nitrogens with zero attached hydrogens (tertiary/aromatic N) is 3. The molecule has 7 heteroatoms. The van der Waals surface area contributed by atoms with Crippen LogP contribution in [0, 0.1) is 6.92 Å². The molecule has 0 aliphatic carbocycles. The number of anilines is 1. The summed E-state index contributed by atoms with van der Waals surface area (Å²) in [6.07, 6.45) is 0. The van der Waals surface area contributed by atoms with Gasteiger partial charge in [0.1, 0.15) is 11.4 Å². The molecule has 1 amide bonds. The minimum atomic E-state index is -0.382. The van der Waals surface area contributed by atoms with Crippen molar-refractivity contribution < 1.29 is 4.79 Å². The molecule has 0 bridgehead atoms. The van der Waals surface area contributed by atoms with Crippen LogP contribution < -0.4 is 10.9 Å². The highest BCUT2D eigenvalue weighted by atomic mass is 32.1. The van der Waals surface area contributed by atoms with Crippen LogP contribution in [0.1, 0.15) is 16.2 Å². The first kappa shape index (κ1) is 14.3. The van der Waals surface area contributed by atoms with Gasteiger partial charge in [0.2, 0.25) is 0 Å². The predicted octanol–water partition coefficient (Wildman–Crippen LogP) is 2.19. The van der Waals surface area contributed by atoms with Gasteiger partial charge >= 0.3 is 0 Å². The van der Waals surface area contributed by atoms with Gasteiger partial charge in [-0.1, -0.05) is 18.2 Å². The van der Waals surface area contributed by atoms with Gasteiger partial charge in [-0.3, -0.25) is 14.3 Å². The van der Waals surface area contributed by atoms with E-state index in [1.807, 2.05) is 30.3 Å². The molecular weight excluding hydrogens is 300 g/mol. The Balaban J connectivity index is 2.04. The van der Waals surface area contributed by atoms with Crippen LogP contribution in [0.15, 0.2) is 46.0 Å². The van der Waals surface area contributed by atoms with E-state index in [4.69, 9.17) is 0 Å². The smallest absolute Gasteiger partial charge is 0.295 e. The van der Waals surface area contributed by atoms with Crippen molar-refractivity contribution >= 4 is 22.9 Å². The maximum atomic E-state index is 12.6. The average Bonchev–Trinajstić information content (AvgIpc) is 3.13. The minimum Gasteiger partial charge on any atom is -0.314 e. The van der Waals surface area contributed by atoms with Crippen molar-refractivity contribution in [3.8, 4) is 5.69 Å². The summed E-state index contributed by atoms with van der Waals surface area (Å²) < 4.78 is 3.24. The monoisotopic (exact) mass is 314 g/mol. The molecule has 2 aromatic heterocycles. The number of rotatable bonds is 3. The molecule has 1 aromatic carbocycles. The Morgan fingerprint density at radius 3 is 2.64 bits per heavy atom. The summed E-state index contributed by atoms with van der Waals surface area (Å²) in [5.74, 6) is -0.382. The Bertz CT molecular complexity index is 863. The van der Waals surface area contributed by atoms with E-state index in [-0.39, 0.29) is 17.2 Å². The first-order chi connectivity index (χ1) is 10.6. The first-order valence-corrected chi connectivity index (χ1v) is 7.57. The van der Waals surface area contributed by atoms with E-state index < -0.39 is 0 Å². The van der Waals surface area contributed by atoms with Gasteiger partial charge in [0.15, 0.2) is 0 Å². The lowest BCUT2D eigenvalue weighted by atomic mass is 10.3. The van der Waals surface area contributed by atoms with Gasteiger partial charge in [0, 0.05) is 12.4 Å². The van der Waals surface area contributed by atoms with Crippen molar-refractivity contribution in [3.05, 3.63) is 63.0 Å². The Morgan fingerprint density at radius 2 is 2.00 bits per heavy atom. The number of carbonyl (C=O) groups excluding carboxylic acids is 1. The highest BCUT2D eigenvalue weighted by molar-refractivity contribution is 7.07. The molecule has 0 fully saturated rings. The maximum Gasteiger partial charge on any atom is 0.295 e. The fourth-order valence-electron chi connectivity index (χ4n) is 2.21. The second-order valence-electron chi connectivity index (χ2n) is 4.76. The lowest BCUT2D eigenvalue weighted by Gasteiger charge is -2.07. The molecule has 1 N–H and O–H groups in total. The fraction of sp³-hybridized carbons (Fsp3) is 0.133. The van der Waals surface area contributed by atoms with Crippen molar-refractivity contribution in [1.29, 1.82) is 0 Å². The molecule has 0 unspecified atom stereocenters. The zero-order valence-corrected chi connectivity index (χ0v) is 12.9. The van der Waals surface area contributed by atoms with E-state index in [2.05, 4.69) is 10.3 Å². The van der Waals surface area contributed by atoms with Crippen LogP contribution in [-0.2, 0) is 7.05 Å². The molecule has 0 saturated carbocycles. The molecule has 6 nitrogen and oxygen atoms in total. The Morgan fingerprint density at radius 1 is 1.27 bits per heavy atom. The van der Waals surface area contributed by atoms with Gasteiger partial charge in [-0.05, 0) is 19.1 Å². The summed E-state index contributed by atoms with van der Waals surface area (Å²) in [5.41, 5.74) is 3.30. The van der Waals surface area contributed by atoms with Gasteiger partial charge in [-0.2, -0.15) is 0 Å². The number of carbonyl (C=O) groups is 1. The fourth-order valence-corrected chi connectivity index (χ4v) is 2.75. The first-order valence-electron chi connectivity index (χ1n) is 6.63. The number of aromatic nitrogens is 3. The summed E-state index contributed by atoms with van der Waals surface area (Å²) >= 11 is 1.33. The third kappa shape index (κ3) is 2.35. The van der Waals surface area contributed by atoms with Gasteiger partial charge < -0.3 is 5.32 Å². The van der Waals surface area contributed by atoms with Gasteiger partial charge in [0.05, 0.1) is 16.9 Å². The molecule has 2 heterocycles. The third-order valence-corrected chi connectivity index (χ3v) is 4.04. The molecule has 3 aromatic rings. The normalized spacial score (nSPS) is 10.6. The molecule has 3 rings (SSSR count). The summed E-state index contributed by atoms with van der Waals surface area (Å²) in [6.45, 7) is 1.79. The van der Waals surface area contributed by atoms with E-state index in [1.165, 1.54) is 16.0 Å². The van der Waals surface area contributed by atoms with Crippen molar-refractivity contribution in [2.45, 2.75) is 6.92 Å². The number of hydrogen-bond donors (Lipinski definition) is 1. The maximum absolute atomic E-state index is 12.6. The van der Waals surface area contributed by atoms with Crippen LogP contribution >= 0.6 is 11.3 Å². The molecule has 112 valence electrons. The quantitative estimate of drug-likeness (QED) is 0.806. The topological polar surface area (TPSA) is 68.9 Å². The standard InChI is InChI=1S/C15H14N4O2S/c1-10-13(17-14(20)12-8-22-9-16-12)15(21)19(18(10)2)11-6-4-3-5-7-11/h3-9H,1-2H3,(H,17,20). The molecule has 0 saturated heterocycles. The average molecular weight is 314 g/mol. The number of para-hydroxylation sites is 1. The molecule has 0 radical (unpaired) electrons. The summed E-state index contributed by atoms with van der Waals surface area (Å²) in [4.78, 5) is 28.7. The second-order valence-corrected chi connectivity index (χ2v) is 5.48. The second kappa shape index (κ2) is 5.61. The SMILES string of the molecule is Cc1c(NC(=O)c2cscn2)c(=O)n(-c2ccccc2)n1C. The van der Waals surface area contributed by atoms with Crippen LogP contribution in [0.3, 0.4) is 0 Å². The number of thiazole rings is 1. The van der Waals surface area contributed by atoms with Crippen molar-refractivity contribution in [2.24, 2.45) is 7.05 Å². The Labute approximate surface area is 130 Å². The third-order valence-electron chi connectivity index (χ3n) is 3.46. The summed E-state index contributed by atoms with van der Waals surface area (Å²) in [5, 5.41) is 4.31. The van der Waals surface area contributed by atoms with Gasteiger partial charge in [0.25, 0.3) is 11.5 Å². The lowest BCUT2D eigenvalue weighted by Crippen LogP contribution is -2.23. The predicted molar refractivity (Wildman–Crippen MR) is 85.8 cm³/mol. The van der Waals surface area contributed by atoms with Crippen LogP contribution in [-0.4, -0.2) is 20.3 Å². The van der Waals surface area contributed by atoms with Crippen LogP contribution in [0.2, 0.25) is 0 Å². The van der Waals surface area contributed by atoms with Gasteiger partial charge in [-0.15, -0.1) is 11.3 Å². The van der Waals surface area contributed by atoms with E-state index >= 15 is 0 Å². The zero-order valence-electron chi connectivity index (χ0n) is 12.1. The largest absolute Gasteiger partial charge is 0.314 e.